The van der Waals surface area contributed by atoms with Crippen molar-refractivity contribution in [2.24, 2.45) is 0 Å². The monoisotopic (exact) mass is 452 g/mol. The van der Waals surface area contributed by atoms with Crippen LogP contribution in [0, 0.1) is 0 Å². The molecule has 3 heterocycles. The van der Waals surface area contributed by atoms with Gasteiger partial charge in [-0.15, -0.1) is 11.8 Å². The number of rotatable bonds is 8. The van der Waals surface area contributed by atoms with Crippen molar-refractivity contribution in [3.05, 3.63) is 105 Å². The summed E-state index contributed by atoms with van der Waals surface area (Å²) < 4.78 is 20.4. The Labute approximate surface area is 189 Å². The predicted molar refractivity (Wildman–Crippen MR) is 122 cm³/mol. The Hall–Kier alpha value is -2.65. The number of ether oxygens (including phenoxy) is 3. The third-order valence-electron chi connectivity index (χ3n) is 5.83. The molecular weight excluding hydrogens is 428 g/mol. The smallest absolute Gasteiger partial charge is 0.330 e. The van der Waals surface area contributed by atoms with Crippen molar-refractivity contribution in [2.75, 3.05) is 12.4 Å². The Balaban J connectivity index is 1.37. The molecule has 0 radical (unpaired) electrons. The summed E-state index contributed by atoms with van der Waals surface area (Å²) in [5.41, 5.74) is 0.554. The molecule has 0 spiro atoms. The maximum Gasteiger partial charge on any atom is 0.330 e. The highest BCUT2D eigenvalue weighted by Crippen LogP contribution is 2.53. The third-order valence-corrected chi connectivity index (χ3v) is 7.35. The molecule has 3 aromatic rings. The molecule has 2 aromatic carbocycles. The zero-order valence-electron chi connectivity index (χ0n) is 17.4. The van der Waals surface area contributed by atoms with E-state index in [1.807, 2.05) is 60.7 Å². The molecule has 0 aliphatic carbocycles. The van der Waals surface area contributed by atoms with E-state index in [1.165, 1.54) is 16.8 Å². The molecule has 2 fully saturated rings. The van der Waals surface area contributed by atoms with Gasteiger partial charge in [-0.3, -0.25) is 14.3 Å². The molecular formula is C24H24N2O5S. The summed E-state index contributed by atoms with van der Waals surface area (Å²) in [6.07, 6.45) is 0.686. The van der Waals surface area contributed by atoms with Crippen LogP contribution in [-0.2, 0) is 27.4 Å². The van der Waals surface area contributed by atoms with Gasteiger partial charge in [0.15, 0.2) is 6.23 Å². The van der Waals surface area contributed by atoms with E-state index in [-0.39, 0.29) is 11.4 Å². The number of hydrogen-bond donors (Lipinski definition) is 1. The van der Waals surface area contributed by atoms with Gasteiger partial charge in [0.2, 0.25) is 0 Å². The first kappa shape index (κ1) is 21.2. The molecule has 2 aliphatic heterocycles. The molecule has 0 amide bonds. The van der Waals surface area contributed by atoms with Crippen LogP contribution >= 0.6 is 11.8 Å². The van der Waals surface area contributed by atoms with Gasteiger partial charge >= 0.3 is 5.69 Å². The van der Waals surface area contributed by atoms with Gasteiger partial charge in [-0.2, -0.15) is 0 Å². The van der Waals surface area contributed by atoms with Gasteiger partial charge in [0.05, 0.1) is 25.1 Å². The van der Waals surface area contributed by atoms with Crippen LogP contribution in [0.5, 0.6) is 0 Å². The van der Waals surface area contributed by atoms with Crippen molar-refractivity contribution in [2.45, 2.75) is 36.4 Å². The van der Waals surface area contributed by atoms with E-state index in [9.17, 15) is 9.59 Å². The highest BCUT2D eigenvalue weighted by Gasteiger charge is 2.62. The Bertz CT molecular complexity index is 1170. The van der Waals surface area contributed by atoms with Crippen LogP contribution < -0.4 is 11.2 Å². The van der Waals surface area contributed by atoms with E-state index < -0.39 is 23.1 Å². The fraction of sp³-hybridized carbons (Fsp3) is 0.333. The highest BCUT2D eigenvalue weighted by molar-refractivity contribution is 8.00. The number of fused-ring (bicyclic) bond motifs is 2. The van der Waals surface area contributed by atoms with Gasteiger partial charge in [0.1, 0.15) is 11.7 Å². The summed E-state index contributed by atoms with van der Waals surface area (Å²) in [6, 6.07) is 21.3. The SMILES string of the molecule is O=c1ccn([C@@H]2O[C@@]3(COCc4ccccc4)CS[C@@H]2[C@@H]3OCc2ccccc2)c(=O)[nH]1. The van der Waals surface area contributed by atoms with Gasteiger partial charge < -0.3 is 14.2 Å². The predicted octanol–water partition coefficient (Wildman–Crippen LogP) is 2.72. The molecule has 4 atom stereocenters. The molecule has 7 nitrogen and oxygen atoms in total. The van der Waals surface area contributed by atoms with Crippen molar-refractivity contribution in [1.82, 2.24) is 9.55 Å². The van der Waals surface area contributed by atoms with Crippen LogP contribution in [0.2, 0.25) is 0 Å². The number of nitrogens with zero attached hydrogens (tertiary/aromatic N) is 1. The zero-order valence-corrected chi connectivity index (χ0v) is 18.2. The molecule has 2 bridgehead atoms. The molecule has 1 aromatic heterocycles. The number of aromatic nitrogens is 2. The topological polar surface area (TPSA) is 82.5 Å². The average Bonchev–Trinajstić information content (AvgIpc) is 3.31. The van der Waals surface area contributed by atoms with Gasteiger partial charge in [0.25, 0.3) is 5.56 Å². The second-order valence-electron chi connectivity index (χ2n) is 8.06. The lowest BCUT2D eigenvalue weighted by Gasteiger charge is -2.32. The molecule has 1 N–H and O–H groups in total. The highest BCUT2D eigenvalue weighted by atomic mass is 32.2. The van der Waals surface area contributed by atoms with Crippen molar-refractivity contribution in [3.8, 4) is 0 Å². The maximum atomic E-state index is 12.4. The van der Waals surface area contributed by atoms with Crippen molar-refractivity contribution < 1.29 is 14.2 Å². The van der Waals surface area contributed by atoms with E-state index in [0.29, 0.717) is 25.6 Å². The lowest BCUT2D eigenvalue weighted by Crippen LogP contribution is -2.46. The van der Waals surface area contributed by atoms with Crippen molar-refractivity contribution >= 4 is 11.8 Å². The minimum Gasteiger partial charge on any atom is -0.374 e. The lowest BCUT2D eigenvalue weighted by atomic mass is 10.00. The quantitative estimate of drug-likeness (QED) is 0.566. The van der Waals surface area contributed by atoms with Gasteiger partial charge in [-0.05, 0) is 11.1 Å². The fourth-order valence-corrected chi connectivity index (χ4v) is 5.91. The number of H-pyrrole nitrogens is 1. The van der Waals surface area contributed by atoms with Crippen LogP contribution in [-0.4, -0.2) is 38.9 Å². The summed E-state index contributed by atoms with van der Waals surface area (Å²) >= 11 is 1.71. The number of hydrogen-bond acceptors (Lipinski definition) is 6. The fourth-order valence-electron chi connectivity index (χ4n) is 4.27. The van der Waals surface area contributed by atoms with Crippen LogP contribution in [0.25, 0.3) is 0 Å². The van der Waals surface area contributed by atoms with E-state index in [1.54, 1.807) is 11.8 Å². The molecule has 166 valence electrons. The minimum absolute atomic E-state index is 0.0948. The number of benzene rings is 2. The average molecular weight is 453 g/mol. The van der Waals surface area contributed by atoms with Gasteiger partial charge in [0, 0.05) is 18.0 Å². The number of thioether (sulfide) groups is 1. The van der Waals surface area contributed by atoms with E-state index >= 15 is 0 Å². The van der Waals surface area contributed by atoms with Gasteiger partial charge in [-0.25, -0.2) is 4.79 Å². The normalized spacial score (nSPS) is 26.4. The summed E-state index contributed by atoms with van der Waals surface area (Å²) in [4.78, 5) is 26.3. The molecule has 2 aliphatic rings. The minimum atomic E-state index is -0.681. The van der Waals surface area contributed by atoms with Crippen molar-refractivity contribution in [1.29, 1.82) is 0 Å². The van der Waals surface area contributed by atoms with E-state index in [0.717, 1.165) is 11.1 Å². The lowest BCUT2D eigenvalue weighted by molar-refractivity contribution is -0.143. The summed E-state index contributed by atoms with van der Waals surface area (Å²) in [5, 5.41) is -0.0948. The van der Waals surface area contributed by atoms with Crippen LogP contribution in [0.3, 0.4) is 0 Å². The number of nitrogens with one attached hydrogen (secondary N) is 1. The molecule has 0 saturated carbocycles. The van der Waals surface area contributed by atoms with Crippen LogP contribution in [0.15, 0.2) is 82.5 Å². The Morgan fingerprint density at radius 3 is 2.38 bits per heavy atom. The van der Waals surface area contributed by atoms with E-state index in [2.05, 4.69) is 4.98 Å². The van der Waals surface area contributed by atoms with E-state index in [4.69, 9.17) is 14.2 Å². The number of aromatic amines is 1. The Morgan fingerprint density at radius 1 is 1.00 bits per heavy atom. The first-order chi connectivity index (χ1) is 15.6. The zero-order chi connectivity index (χ0) is 22.0. The molecule has 32 heavy (non-hydrogen) atoms. The summed E-state index contributed by atoms with van der Waals surface area (Å²) in [5.74, 6) is 0.709. The standard InChI is InChI=1S/C24H24N2O5S/c27-19-11-12-26(23(28)25-19)22-20-21(30-14-18-9-5-2-6-10-18)24(31-22,16-32-20)15-29-13-17-7-3-1-4-8-17/h1-12,20-22H,13-16H2,(H,25,27,28)/t20-,21+,22-,24+/m1/s1. The van der Waals surface area contributed by atoms with Crippen LogP contribution in [0.1, 0.15) is 17.4 Å². The molecule has 2 saturated heterocycles. The molecule has 8 heteroatoms. The maximum absolute atomic E-state index is 12.4. The molecule has 5 rings (SSSR count). The summed E-state index contributed by atoms with van der Waals surface area (Å²) in [7, 11) is 0. The first-order valence-electron chi connectivity index (χ1n) is 10.5. The van der Waals surface area contributed by atoms with Crippen molar-refractivity contribution in [3.63, 3.8) is 0 Å². The van der Waals surface area contributed by atoms with Gasteiger partial charge in [-0.1, -0.05) is 60.7 Å². The van der Waals surface area contributed by atoms with Crippen LogP contribution in [0.4, 0.5) is 0 Å². The summed E-state index contributed by atoms with van der Waals surface area (Å²) in [6.45, 7) is 1.26. The largest absolute Gasteiger partial charge is 0.374 e. The Morgan fingerprint density at radius 2 is 1.69 bits per heavy atom. The Kier molecular flexibility index (Phi) is 6.01. The molecule has 0 unspecified atom stereocenters. The second kappa shape index (κ2) is 9.07. The first-order valence-corrected chi connectivity index (χ1v) is 11.6. The second-order valence-corrected chi connectivity index (χ2v) is 9.23. The third kappa shape index (κ3) is 4.19.